The number of pyridine rings is 1. The van der Waals surface area contributed by atoms with Crippen LogP contribution in [0.2, 0.25) is 5.02 Å². The largest absolute Gasteiger partial charge is 0.380 e. The summed E-state index contributed by atoms with van der Waals surface area (Å²) in [7, 11) is 1.73. The molecular formula is C16H17ClN2O2. The zero-order valence-electron chi connectivity index (χ0n) is 11.9. The van der Waals surface area contributed by atoms with E-state index < -0.39 is 0 Å². The minimum absolute atomic E-state index is 0.225. The quantitative estimate of drug-likeness (QED) is 0.815. The van der Waals surface area contributed by atoms with Crippen molar-refractivity contribution in [3.8, 4) is 0 Å². The Balaban J connectivity index is 2.16. The molecule has 1 unspecified atom stereocenters. The molecule has 1 aromatic carbocycles. The Morgan fingerprint density at radius 2 is 2.43 bits per heavy atom. The second kappa shape index (κ2) is 6.00. The fourth-order valence-corrected chi connectivity index (χ4v) is 3.24. The lowest BCUT2D eigenvalue weighted by Crippen LogP contribution is -2.24. The van der Waals surface area contributed by atoms with Crippen molar-refractivity contribution in [3.63, 3.8) is 0 Å². The van der Waals surface area contributed by atoms with E-state index in [0.717, 1.165) is 48.0 Å². The Morgan fingerprint density at radius 3 is 3.14 bits per heavy atom. The molecular weight excluding hydrogens is 288 g/mol. The van der Waals surface area contributed by atoms with E-state index in [1.54, 1.807) is 13.3 Å². The van der Waals surface area contributed by atoms with Crippen LogP contribution in [-0.4, -0.2) is 37.6 Å². The summed E-state index contributed by atoms with van der Waals surface area (Å²) in [6.45, 7) is 1.72. The molecule has 0 saturated carbocycles. The second-order valence-corrected chi connectivity index (χ2v) is 5.64. The lowest BCUT2D eigenvalue weighted by molar-refractivity contribution is -0.107. The second-order valence-electron chi connectivity index (χ2n) is 5.23. The highest BCUT2D eigenvalue weighted by molar-refractivity contribution is 6.36. The molecule has 4 nitrogen and oxygen atoms in total. The molecule has 21 heavy (non-hydrogen) atoms. The molecule has 1 saturated heterocycles. The van der Waals surface area contributed by atoms with Gasteiger partial charge in [0.1, 0.15) is 6.29 Å². The summed E-state index contributed by atoms with van der Waals surface area (Å²) in [4.78, 5) is 17.7. The van der Waals surface area contributed by atoms with Crippen molar-refractivity contribution in [1.82, 2.24) is 4.98 Å². The topological polar surface area (TPSA) is 42.4 Å². The third kappa shape index (κ3) is 2.61. The molecule has 1 aromatic heterocycles. The van der Waals surface area contributed by atoms with Gasteiger partial charge in [-0.15, -0.1) is 0 Å². The van der Waals surface area contributed by atoms with E-state index in [2.05, 4.69) is 9.88 Å². The number of ether oxygens (including phenoxy) is 1. The number of hydrogen-bond donors (Lipinski definition) is 0. The Bertz CT molecular complexity index is 675. The summed E-state index contributed by atoms with van der Waals surface area (Å²) in [5.41, 5.74) is 2.80. The number of halogens is 1. The van der Waals surface area contributed by atoms with Crippen molar-refractivity contribution in [2.24, 2.45) is 0 Å². The van der Waals surface area contributed by atoms with Crippen LogP contribution in [0.5, 0.6) is 0 Å². The minimum Gasteiger partial charge on any atom is -0.380 e. The summed E-state index contributed by atoms with van der Waals surface area (Å²) < 4.78 is 5.44. The molecule has 2 heterocycles. The van der Waals surface area contributed by atoms with Crippen molar-refractivity contribution in [1.29, 1.82) is 0 Å². The molecule has 2 aromatic rings. The van der Waals surface area contributed by atoms with E-state index in [0.29, 0.717) is 11.4 Å². The van der Waals surface area contributed by atoms with Gasteiger partial charge in [-0.1, -0.05) is 11.6 Å². The van der Waals surface area contributed by atoms with Gasteiger partial charge in [-0.05, 0) is 30.2 Å². The molecule has 0 N–H and O–H groups in total. The van der Waals surface area contributed by atoms with Gasteiger partial charge in [-0.3, -0.25) is 4.98 Å². The normalized spacial score (nSPS) is 18.4. The summed E-state index contributed by atoms with van der Waals surface area (Å²) >= 11 is 6.33. The Kier molecular flexibility index (Phi) is 4.08. The fraction of sp³-hybridized carbons (Fsp3) is 0.375. The summed E-state index contributed by atoms with van der Waals surface area (Å²) in [5.74, 6) is 0. The molecule has 1 atom stereocenters. The zero-order chi connectivity index (χ0) is 14.8. The van der Waals surface area contributed by atoms with Crippen LogP contribution in [0.25, 0.3) is 10.9 Å². The zero-order valence-corrected chi connectivity index (χ0v) is 12.6. The highest BCUT2D eigenvalue weighted by Crippen LogP contribution is 2.36. The summed E-state index contributed by atoms with van der Waals surface area (Å²) in [6, 6.07) is 5.72. The first kappa shape index (κ1) is 14.3. The monoisotopic (exact) mass is 304 g/mol. The van der Waals surface area contributed by atoms with E-state index >= 15 is 0 Å². The van der Waals surface area contributed by atoms with E-state index in [1.807, 2.05) is 18.2 Å². The number of rotatable bonds is 4. The summed E-state index contributed by atoms with van der Waals surface area (Å²) in [5, 5.41) is 1.56. The van der Waals surface area contributed by atoms with Gasteiger partial charge in [0, 0.05) is 38.2 Å². The van der Waals surface area contributed by atoms with E-state index in [9.17, 15) is 4.79 Å². The molecule has 110 valence electrons. The van der Waals surface area contributed by atoms with Gasteiger partial charge in [-0.2, -0.15) is 0 Å². The molecule has 1 aliphatic heterocycles. The number of methoxy groups -OCH3 is 1. The van der Waals surface area contributed by atoms with Crippen LogP contribution < -0.4 is 4.90 Å². The van der Waals surface area contributed by atoms with Gasteiger partial charge < -0.3 is 14.4 Å². The van der Waals surface area contributed by atoms with Crippen molar-refractivity contribution in [3.05, 3.63) is 35.0 Å². The highest BCUT2D eigenvalue weighted by atomic mass is 35.5. The van der Waals surface area contributed by atoms with Gasteiger partial charge in [0.2, 0.25) is 0 Å². The van der Waals surface area contributed by atoms with Crippen LogP contribution in [0.4, 0.5) is 5.69 Å². The number of aromatic nitrogens is 1. The van der Waals surface area contributed by atoms with Gasteiger partial charge in [0.15, 0.2) is 0 Å². The lowest BCUT2D eigenvalue weighted by atomic mass is 10.0. The molecule has 0 radical (unpaired) electrons. The number of aldehydes is 1. The maximum atomic E-state index is 11.0. The maximum Gasteiger partial charge on any atom is 0.124 e. The molecule has 1 aliphatic rings. The first-order valence-corrected chi connectivity index (χ1v) is 7.40. The number of hydrogen-bond acceptors (Lipinski definition) is 4. The Hall–Kier alpha value is -1.65. The average Bonchev–Trinajstić information content (AvgIpc) is 2.96. The van der Waals surface area contributed by atoms with E-state index in [1.165, 1.54) is 0 Å². The van der Waals surface area contributed by atoms with Gasteiger partial charge in [0.05, 0.1) is 22.3 Å². The molecule has 0 aliphatic carbocycles. The molecule has 0 amide bonds. The summed E-state index contributed by atoms with van der Waals surface area (Å²) in [6.07, 6.45) is 4.22. The van der Waals surface area contributed by atoms with Gasteiger partial charge >= 0.3 is 0 Å². The van der Waals surface area contributed by atoms with Crippen molar-refractivity contribution in [2.75, 3.05) is 25.1 Å². The number of anilines is 1. The molecule has 1 fully saturated rings. The van der Waals surface area contributed by atoms with Gasteiger partial charge in [0.25, 0.3) is 0 Å². The van der Waals surface area contributed by atoms with Crippen LogP contribution in [-0.2, 0) is 16.0 Å². The van der Waals surface area contributed by atoms with Crippen LogP contribution in [0.15, 0.2) is 24.4 Å². The van der Waals surface area contributed by atoms with Crippen molar-refractivity contribution >= 4 is 34.5 Å². The van der Waals surface area contributed by atoms with E-state index in [-0.39, 0.29) is 6.10 Å². The maximum absolute atomic E-state index is 11.0. The fourth-order valence-electron chi connectivity index (χ4n) is 2.96. The third-order valence-corrected chi connectivity index (χ3v) is 4.30. The van der Waals surface area contributed by atoms with Gasteiger partial charge in [-0.25, -0.2) is 0 Å². The highest BCUT2D eigenvalue weighted by Gasteiger charge is 2.26. The standard InChI is InChI=1S/C16H17ClN2O2/c1-21-12-4-7-19(10-12)16-11(5-8-20)9-14(17)13-3-2-6-18-15(13)16/h2-3,6,8-9,12H,4-5,7,10H2,1H3. The molecule has 5 heteroatoms. The molecule has 3 rings (SSSR count). The number of carbonyl (C=O) groups is 1. The lowest BCUT2D eigenvalue weighted by Gasteiger charge is -2.23. The van der Waals surface area contributed by atoms with Crippen molar-refractivity contribution in [2.45, 2.75) is 18.9 Å². The van der Waals surface area contributed by atoms with Crippen LogP contribution >= 0.6 is 11.6 Å². The number of carbonyl (C=O) groups excluding carboxylic acids is 1. The van der Waals surface area contributed by atoms with Crippen molar-refractivity contribution < 1.29 is 9.53 Å². The predicted molar refractivity (Wildman–Crippen MR) is 84.1 cm³/mol. The first-order chi connectivity index (χ1) is 10.2. The first-order valence-electron chi connectivity index (χ1n) is 7.02. The number of nitrogens with zero attached hydrogens (tertiary/aromatic N) is 2. The SMILES string of the molecule is COC1CCN(c2c(CC=O)cc(Cl)c3cccnc23)C1. The van der Waals surface area contributed by atoms with E-state index in [4.69, 9.17) is 16.3 Å². The van der Waals surface area contributed by atoms with Crippen LogP contribution in [0.1, 0.15) is 12.0 Å². The Labute approximate surface area is 128 Å². The predicted octanol–water partition coefficient (Wildman–Crippen LogP) is 2.85. The Morgan fingerprint density at radius 1 is 1.57 bits per heavy atom. The molecule has 0 bridgehead atoms. The van der Waals surface area contributed by atoms with Crippen LogP contribution in [0.3, 0.4) is 0 Å². The number of fused-ring (bicyclic) bond motifs is 1. The minimum atomic E-state index is 0.225. The molecule has 0 spiro atoms. The van der Waals surface area contributed by atoms with Crippen LogP contribution in [0, 0.1) is 0 Å². The smallest absolute Gasteiger partial charge is 0.124 e. The third-order valence-electron chi connectivity index (χ3n) is 3.99. The number of benzene rings is 1. The average molecular weight is 305 g/mol.